The maximum atomic E-state index is 10.9. The number of hydrogen-bond donors (Lipinski definition) is 1. The molecule has 84 valence electrons. The van der Waals surface area contributed by atoms with Crippen molar-refractivity contribution in [3.63, 3.8) is 0 Å². The molecular formula is C10H11IN4O. The highest BCUT2D eigenvalue weighted by atomic mass is 127. The number of halogens is 1. The van der Waals surface area contributed by atoms with Crippen LogP contribution in [0, 0.1) is 3.70 Å². The lowest BCUT2D eigenvalue weighted by molar-refractivity contribution is 0.529. The normalized spacial score (nSPS) is 11.0. The minimum absolute atomic E-state index is 0.318. The molecule has 0 aromatic carbocycles. The van der Waals surface area contributed by atoms with Gasteiger partial charge in [0.25, 0.3) is 0 Å². The van der Waals surface area contributed by atoms with Crippen LogP contribution in [0.15, 0.2) is 23.4 Å². The SMILES string of the molecule is CC(C)n1cc(-c2cnc(=O)[nH]c2)c(I)n1. The van der Waals surface area contributed by atoms with Crippen molar-refractivity contribution in [2.75, 3.05) is 0 Å². The highest BCUT2D eigenvalue weighted by molar-refractivity contribution is 14.1. The number of nitrogens with one attached hydrogen (secondary N) is 1. The van der Waals surface area contributed by atoms with Crippen LogP contribution in [0.1, 0.15) is 19.9 Å². The molecule has 0 aliphatic heterocycles. The van der Waals surface area contributed by atoms with Gasteiger partial charge in [-0.15, -0.1) is 0 Å². The average molecular weight is 330 g/mol. The molecule has 0 unspecified atom stereocenters. The van der Waals surface area contributed by atoms with Crippen LogP contribution in [0.5, 0.6) is 0 Å². The highest BCUT2D eigenvalue weighted by Gasteiger charge is 2.10. The van der Waals surface area contributed by atoms with Crippen molar-refractivity contribution in [2.24, 2.45) is 0 Å². The van der Waals surface area contributed by atoms with E-state index in [2.05, 4.69) is 51.5 Å². The van der Waals surface area contributed by atoms with Crippen molar-refractivity contribution < 1.29 is 0 Å². The van der Waals surface area contributed by atoms with Crippen LogP contribution >= 0.6 is 22.6 Å². The van der Waals surface area contributed by atoms with Crippen LogP contribution < -0.4 is 5.69 Å². The summed E-state index contributed by atoms with van der Waals surface area (Å²) in [5.41, 5.74) is 1.52. The molecular weight excluding hydrogens is 319 g/mol. The molecule has 16 heavy (non-hydrogen) atoms. The van der Waals surface area contributed by atoms with Gasteiger partial charge in [-0.05, 0) is 36.4 Å². The molecule has 0 fully saturated rings. The number of rotatable bonds is 2. The molecule has 0 aliphatic carbocycles. The number of nitrogens with zero attached hydrogens (tertiary/aromatic N) is 3. The average Bonchev–Trinajstić information content (AvgIpc) is 2.62. The number of hydrogen-bond acceptors (Lipinski definition) is 3. The molecule has 0 amide bonds. The lowest BCUT2D eigenvalue weighted by atomic mass is 10.2. The van der Waals surface area contributed by atoms with Gasteiger partial charge in [0.15, 0.2) is 0 Å². The van der Waals surface area contributed by atoms with Crippen LogP contribution in [0.3, 0.4) is 0 Å². The molecule has 1 N–H and O–H groups in total. The van der Waals surface area contributed by atoms with Gasteiger partial charge in [-0.1, -0.05) is 0 Å². The van der Waals surface area contributed by atoms with Crippen molar-refractivity contribution in [3.05, 3.63) is 32.8 Å². The quantitative estimate of drug-likeness (QED) is 0.855. The summed E-state index contributed by atoms with van der Waals surface area (Å²) >= 11 is 2.17. The summed E-state index contributed by atoms with van der Waals surface area (Å²) < 4.78 is 2.79. The Labute approximate surface area is 106 Å². The Hall–Kier alpha value is -1.18. The van der Waals surface area contributed by atoms with Crippen LogP contribution in [0.2, 0.25) is 0 Å². The summed E-state index contributed by atoms with van der Waals surface area (Å²) in [6, 6.07) is 0.318. The molecule has 0 aliphatic rings. The van der Waals surface area contributed by atoms with Gasteiger partial charge in [-0.2, -0.15) is 5.10 Å². The third kappa shape index (κ3) is 2.16. The summed E-state index contributed by atoms with van der Waals surface area (Å²) in [7, 11) is 0. The third-order valence-electron chi connectivity index (χ3n) is 2.20. The van der Waals surface area contributed by atoms with Crippen molar-refractivity contribution in [1.82, 2.24) is 19.7 Å². The molecule has 2 aromatic rings. The standard InChI is InChI=1S/C10H11IN4O/c1-6(2)15-5-8(9(11)14-15)7-3-12-10(16)13-4-7/h3-6H,1-2H3,(H,12,13,16). The smallest absolute Gasteiger partial charge is 0.312 e. The first-order valence-electron chi connectivity index (χ1n) is 4.87. The molecule has 5 nitrogen and oxygen atoms in total. The van der Waals surface area contributed by atoms with Gasteiger partial charge < -0.3 is 4.98 Å². The third-order valence-corrected chi connectivity index (χ3v) is 3.00. The molecule has 2 aromatic heterocycles. The fraction of sp³-hybridized carbons (Fsp3) is 0.300. The van der Waals surface area contributed by atoms with E-state index in [0.29, 0.717) is 6.04 Å². The molecule has 0 radical (unpaired) electrons. The van der Waals surface area contributed by atoms with E-state index < -0.39 is 0 Å². The van der Waals surface area contributed by atoms with Crippen molar-refractivity contribution in [3.8, 4) is 11.1 Å². The van der Waals surface area contributed by atoms with Crippen LogP contribution in [0.25, 0.3) is 11.1 Å². The summed E-state index contributed by atoms with van der Waals surface area (Å²) in [5.74, 6) is 0. The molecule has 0 spiro atoms. The Kier molecular flexibility index (Phi) is 3.08. The molecule has 2 rings (SSSR count). The van der Waals surface area contributed by atoms with Crippen molar-refractivity contribution in [2.45, 2.75) is 19.9 Å². The molecule has 0 saturated carbocycles. The largest absolute Gasteiger partial charge is 0.344 e. The first kappa shape index (κ1) is 11.3. The Morgan fingerprint density at radius 1 is 1.50 bits per heavy atom. The number of aromatic amines is 1. The van der Waals surface area contributed by atoms with E-state index >= 15 is 0 Å². The highest BCUT2D eigenvalue weighted by Crippen LogP contribution is 2.23. The predicted octanol–water partition coefficient (Wildman–Crippen LogP) is 1.82. The Morgan fingerprint density at radius 2 is 2.25 bits per heavy atom. The van der Waals surface area contributed by atoms with Crippen molar-refractivity contribution >= 4 is 22.6 Å². The van der Waals surface area contributed by atoms with Gasteiger partial charge in [-0.25, -0.2) is 9.78 Å². The summed E-state index contributed by atoms with van der Waals surface area (Å²) in [5, 5.41) is 4.39. The Morgan fingerprint density at radius 3 is 2.75 bits per heavy atom. The lowest BCUT2D eigenvalue weighted by Crippen LogP contribution is -2.07. The van der Waals surface area contributed by atoms with Crippen LogP contribution in [0.4, 0.5) is 0 Å². The second-order valence-electron chi connectivity index (χ2n) is 3.71. The Bertz CT molecular complexity index is 538. The Balaban J connectivity index is 2.47. The van der Waals surface area contributed by atoms with Gasteiger partial charge in [0.2, 0.25) is 0 Å². The second kappa shape index (κ2) is 4.36. The van der Waals surface area contributed by atoms with E-state index in [-0.39, 0.29) is 5.69 Å². The maximum absolute atomic E-state index is 10.9. The van der Waals surface area contributed by atoms with E-state index in [9.17, 15) is 4.79 Å². The van der Waals surface area contributed by atoms with Gasteiger partial charge >= 0.3 is 5.69 Å². The zero-order chi connectivity index (χ0) is 11.7. The van der Waals surface area contributed by atoms with Crippen LogP contribution in [-0.2, 0) is 0 Å². The van der Waals surface area contributed by atoms with Crippen molar-refractivity contribution in [1.29, 1.82) is 0 Å². The summed E-state index contributed by atoms with van der Waals surface area (Å²) in [6.45, 7) is 4.13. The van der Waals surface area contributed by atoms with E-state index in [0.717, 1.165) is 14.8 Å². The molecule has 0 saturated heterocycles. The fourth-order valence-corrected chi connectivity index (χ4v) is 2.02. The van der Waals surface area contributed by atoms with Gasteiger partial charge in [0.1, 0.15) is 3.70 Å². The van der Waals surface area contributed by atoms with Gasteiger partial charge in [0, 0.05) is 35.8 Å². The van der Waals surface area contributed by atoms with E-state index in [1.807, 2.05) is 10.9 Å². The monoisotopic (exact) mass is 330 g/mol. The van der Waals surface area contributed by atoms with Gasteiger partial charge in [-0.3, -0.25) is 4.68 Å². The molecule has 2 heterocycles. The second-order valence-corrected chi connectivity index (χ2v) is 4.74. The summed E-state index contributed by atoms with van der Waals surface area (Å²) in [4.78, 5) is 17.1. The zero-order valence-electron chi connectivity index (χ0n) is 8.94. The lowest BCUT2D eigenvalue weighted by Gasteiger charge is -2.02. The van der Waals surface area contributed by atoms with E-state index in [1.165, 1.54) is 0 Å². The summed E-state index contributed by atoms with van der Waals surface area (Å²) in [6.07, 6.45) is 5.17. The topological polar surface area (TPSA) is 63.6 Å². The van der Waals surface area contributed by atoms with E-state index in [1.54, 1.807) is 12.4 Å². The number of H-pyrrole nitrogens is 1. The zero-order valence-corrected chi connectivity index (χ0v) is 11.1. The first-order valence-corrected chi connectivity index (χ1v) is 5.95. The van der Waals surface area contributed by atoms with E-state index in [4.69, 9.17) is 0 Å². The van der Waals surface area contributed by atoms with Crippen LogP contribution in [-0.4, -0.2) is 19.7 Å². The maximum Gasteiger partial charge on any atom is 0.344 e. The minimum Gasteiger partial charge on any atom is -0.312 e. The predicted molar refractivity (Wildman–Crippen MR) is 69.2 cm³/mol. The fourth-order valence-electron chi connectivity index (χ4n) is 1.32. The molecule has 0 bridgehead atoms. The first-order chi connectivity index (χ1) is 7.58. The molecule has 0 atom stereocenters. The minimum atomic E-state index is -0.338. The number of aromatic nitrogens is 4. The molecule has 6 heteroatoms. The van der Waals surface area contributed by atoms with Gasteiger partial charge in [0.05, 0.1) is 0 Å².